The van der Waals surface area contributed by atoms with E-state index in [1.807, 2.05) is 109 Å². The fourth-order valence-electron chi connectivity index (χ4n) is 20.9. The minimum Gasteiger partial charge on any atom is -0.496 e. The van der Waals surface area contributed by atoms with Gasteiger partial charge in [0, 0.05) is 151 Å². The topological polar surface area (TPSA) is 272 Å². The predicted molar refractivity (Wildman–Crippen MR) is 539 cm³/mol. The molecular formula is C114H127F2N13O9. The van der Waals surface area contributed by atoms with Crippen molar-refractivity contribution < 1.29 is 59.3 Å². The van der Waals surface area contributed by atoms with Gasteiger partial charge in [-0.15, -0.1) is 0 Å². The number of nitrogens with zero attached hydrogens (tertiary/aromatic N) is 13. The molecule has 4 fully saturated rings. The summed E-state index contributed by atoms with van der Waals surface area (Å²) in [6.07, 6.45) is 34.2. The van der Waals surface area contributed by atoms with Gasteiger partial charge in [-0.3, -0.25) is 19.9 Å². The molecule has 4 aromatic carbocycles. The van der Waals surface area contributed by atoms with Gasteiger partial charge in [-0.2, -0.15) is 5.26 Å². The van der Waals surface area contributed by atoms with E-state index in [2.05, 4.69) is 139 Å². The number of fused-ring (bicyclic) bond motifs is 4. The number of hydrogen-bond donors (Lipinski definition) is 1. The highest BCUT2D eigenvalue weighted by Gasteiger charge is 2.35. The van der Waals surface area contributed by atoms with Crippen molar-refractivity contribution in [1.29, 1.82) is 5.26 Å². The number of halogens is 2. The third-order valence-corrected chi connectivity index (χ3v) is 29.0. The van der Waals surface area contributed by atoms with Crippen molar-refractivity contribution >= 4 is 56.1 Å². The number of nitriles is 1. The average Bonchev–Trinajstić information content (AvgIpc) is 1.61. The lowest BCUT2D eigenvalue weighted by Gasteiger charge is -2.31. The lowest BCUT2D eigenvalue weighted by molar-refractivity contribution is 0.0596. The van der Waals surface area contributed by atoms with Gasteiger partial charge in [0.25, 0.3) is 0 Å². The number of hydrogen-bond acceptors (Lipinski definition) is 17. The molecule has 16 aromatic rings. The van der Waals surface area contributed by atoms with Crippen molar-refractivity contribution in [3.8, 4) is 101 Å². The van der Waals surface area contributed by atoms with Crippen molar-refractivity contribution in [1.82, 2.24) is 58.8 Å². The quantitative estimate of drug-likeness (QED) is 0.0694. The van der Waals surface area contributed by atoms with Gasteiger partial charge in [0.1, 0.15) is 45.7 Å². The summed E-state index contributed by atoms with van der Waals surface area (Å²) in [5.41, 5.74) is 24.0. The van der Waals surface area contributed by atoms with Gasteiger partial charge >= 0.3 is 11.9 Å². The normalized spacial score (nSPS) is 18.6. The number of methoxy groups -OCH3 is 2. The van der Waals surface area contributed by atoms with Crippen molar-refractivity contribution in [3.63, 3.8) is 0 Å². The Morgan fingerprint density at radius 2 is 0.768 bits per heavy atom. The van der Waals surface area contributed by atoms with Gasteiger partial charge in [0.2, 0.25) is 0 Å². The maximum Gasteiger partial charge on any atom is 0.341 e. The first-order valence-corrected chi connectivity index (χ1v) is 48.4. The number of alkyl halides is 2. The molecule has 138 heavy (non-hydrogen) atoms. The molecule has 0 spiro atoms. The van der Waals surface area contributed by atoms with Gasteiger partial charge < -0.3 is 50.9 Å². The molecule has 0 radical (unpaired) electrons. The van der Waals surface area contributed by atoms with E-state index in [0.29, 0.717) is 79.3 Å². The number of pyridine rings is 4. The fourth-order valence-corrected chi connectivity index (χ4v) is 20.9. The summed E-state index contributed by atoms with van der Waals surface area (Å²) >= 11 is 0. The summed E-state index contributed by atoms with van der Waals surface area (Å²) in [6.45, 7) is 23.6. The minimum atomic E-state index is -2.75. The van der Waals surface area contributed by atoms with Crippen LogP contribution in [-0.2, 0) is 41.7 Å². The summed E-state index contributed by atoms with van der Waals surface area (Å²) in [5, 5.41) is 34.8. The van der Waals surface area contributed by atoms with Crippen LogP contribution in [0.5, 0.6) is 5.75 Å². The second kappa shape index (κ2) is 39.9. The molecule has 0 aliphatic heterocycles. The number of ether oxygens (including phenoxy) is 2. The first-order chi connectivity index (χ1) is 68.5. The maximum atomic E-state index is 14.5. The largest absolute Gasteiger partial charge is 0.496 e. The lowest BCUT2D eigenvalue weighted by atomic mass is 9.81. The zero-order valence-electron chi connectivity index (χ0n) is 87.7. The second-order valence-corrected chi connectivity index (χ2v) is 40.6. The maximum absolute atomic E-state index is 14.5. The van der Waals surface area contributed by atoms with Crippen LogP contribution in [0.25, 0.3) is 133 Å². The molecule has 22 nitrogen and oxygen atoms in total. The highest BCUT2D eigenvalue weighted by molar-refractivity contribution is 6.00. The number of aromatic nitrogens is 12. The van der Waals surface area contributed by atoms with Crippen molar-refractivity contribution in [2.24, 2.45) is 23.7 Å². The SMILES string of the molecule is COC(=O)c1ccc(-c2cn(CC3CCCCC3)c3cc(-c4c(C)noc4C)cnc23)cc1OC.Cc1noc(C)c1-c1cnc2c(-c3ccc(C(C)(C)C#N)cc3)cn(CC3CCC(C)(F)CC3)c2c1.Cc1noc(C)c1-c1cnc2c(-c3ccc(C(C)(C)C)cc3)cn(CC3CCCCC3)c2c1.[2H]C([2H])([2H])c1noc(C([2H])([2H])[2H])c1-c1cnc2c(-c3ccc(C(=O)O)cc3)cn(CC3CCC(C)(F)CC3)c2c1. The van der Waals surface area contributed by atoms with Gasteiger partial charge in [0.05, 0.1) is 98.2 Å². The van der Waals surface area contributed by atoms with E-state index in [4.69, 9.17) is 50.7 Å². The summed E-state index contributed by atoms with van der Waals surface area (Å²) in [5.74, 6) is 2.92. The Hall–Kier alpha value is -13.4. The van der Waals surface area contributed by atoms with Gasteiger partial charge in [-0.25, -0.2) is 18.4 Å². The molecule has 1 N–H and O–H groups in total. The third kappa shape index (κ3) is 20.6. The van der Waals surface area contributed by atoms with E-state index in [9.17, 15) is 28.7 Å². The molecule has 24 heteroatoms. The second-order valence-electron chi connectivity index (χ2n) is 40.6. The highest BCUT2D eigenvalue weighted by Crippen LogP contribution is 2.46. The average molecular weight is 1870 g/mol. The fraction of sp³-hybridized carbons (Fsp3) is 0.412. The van der Waals surface area contributed by atoms with Crippen LogP contribution in [0.15, 0.2) is 183 Å². The number of benzene rings is 4. The zero-order chi connectivity index (χ0) is 102. The van der Waals surface area contributed by atoms with E-state index in [-0.39, 0.29) is 28.0 Å². The first kappa shape index (κ1) is 88.5. The number of carbonyl (C=O) groups excluding carboxylic acids is 1. The first-order valence-electron chi connectivity index (χ1n) is 51.4. The Morgan fingerprint density at radius 1 is 0.442 bits per heavy atom. The number of carboxylic acids is 1. The van der Waals surface area contributed by atoms with Crippen molar-refractivity contribution in [2.45, 2.75) is 268 Å². The van der Waals surface area contributed by atoms with E-state index >= 15 is 0 Å². The Kier molecular flexibility index (Phi) is 25.6. The molecule has 12 aromatic heterocycles. The van der Waals surface area contributed by atoms with Gasteiger partial charge in [-0.05, 0) is 271 Å². The Bertz CT molecular complexity index is 7320. The van der Waals surface area contributed by atoms with Crippen LogP contribution < -0.4 is 4.74 Å². The molecule has 716 valence electrons. The molecular weight excluding hydrogens is 1730 g/mol. The van der Waals surface area contributed by atoms with E-state index in [1.165, 1.54) is 112 Å². The Labute approximate surface area is 814 Å². The number of aryl methyl sites for hydroxylation is 8. The Morgan fingerprint density at radius 3 is 1.09 bits per heavy atom. The summed E-state index contributed by atoms with van der Waals surface area (Å²) in [4.78, 5) is 42.9. The molecule has 0 bridgehead atoms. The zero-order valence-corrected chi connectivity index (χ0v) is 81.7. The number of carbonyl (C=O) groups is 2. The summed E-state index contributed by atoms with van der Waals surface area (Å²) in [6, 6.07) is 39.9. The third-order valence-electron chi connectivity index (χ3n) is 29.0. The lowest BCUT2D eigenvalue weighted by Crippen LogP contribution is -2.27. The van der Waals surface area contributed by atoms with Crippen LogP contribution in [0.1, 0.15) is 250 Å². The van der Waals surface area contributed by atoms with Crippen LogP contribution in [0.2, 0.25) is 0 Å². The highest BCUT2D eigenvalue weighted by atomic mass is 19.1. The van der Waals surface area contributed by atoms with Crippen LogP contribution in [0, 0.1) is 90.2 Å². The number of aromatic carboxylic acids is 1. The molecule has 0 atom stereocenters. The standard InChI is InChI=1S/C30H33FN4O.C29H35N3O.C28H31N3O4.C27H28FN3O3/c1-19-27(20(2)36-34-19)23-14-26-28(33-15-23)25(22-6-8-24(9-7-22)29(3,4)18-32)17-35(26)16-21-10-12-30(5,31)13-11-21;1-19-27(20(2)33-31-19)23-15-26-28(30-16-23)25(18-32(26)17-21-9-7-6-8-10-21)22-11-13-24(14-12-22)29(3,4)5;1-17-26(18(2)35-30-17)21-12-24-27(29-14-21)23(16-31(24)15-19-8-6-5-7-9-19)20-10-11-22(28(32)34-4)25(13-20)33-3;1-16-24(17(2)34-30-16)21-12-23-25(29-13-21)22(19-4-6-20(7-5-19)26(32)33)15-31(23)14-18-8-10-27(3,28)11-9-18/h6-9,14-15,17,21H,10-13,16H2,1-5H3;11-16,18,21H,6-10,17H2,1-5H3;10-14,16,19H,5-9,15H2,1-4H3;4-7,12-13,15,18H,8-11,14H2,1-3H3,(H,32,33)/i;;;1D3,2D3. The molecule has 4 aliphatic rings. The van der Waals surface area contributed by atoms with Crippen molar-refractivity contribution in [3.05, 3.63) is 233 Å². The molecule has 0 amide bonds. The molecule has 12 heterocycles. The van der Waals surface area contributed by atoms with Gasteiger partial charge in [-0.1, -0.05) is 147 Å². The molecule has 20 rings (SSSR count). The molecule has 4 aliphatic carbocycles. The summed E-state index contributed by atoms with van der Waals surface area (Å²) < 4.78 is 117. The Balaban J connectivity index is 0.000000132. The van der Waals surface area contributed by atoms with Crippen LogP contribution in [0.4, 0.5) is 8.78 Å². The number of carboxylic acid groups (broad SMARTS) is 1. The number of esters is 1. The van der Waals surface area contributed by atoms with Crippen LogP contribution in [0.3, 0.4) is 0 Å². The summed E-state index contributed by atoms with van der Waals surface area (Å²) in [7, 11) is 2.93. The van der Waals surface area contributed by atoms with Crippen molar-refractivity contribution in [2.75, 3.05) is 14.2 Å². The molecule has 0 unspecified atom stereocenters. The number of rotatable bonds is 20. The van der Waals surface area contributed by atoms with E-state index < -0.39 is 53.8 Å². The van der Waals surface area contributed by atoms with E-state index in [0.717, 1.165) is 173 Å². The molecule has 4 saturated carbocycles. The monoisotopic (exact) mass is 1870 g/mol. The molecule has 0 saturated heterocycles. The minimum absolute atomic E-state index is 0.139. The van der Waals surface area contributed by atoms with E-state index in [1.54, 1.807) is 45.2 Å². The van der Waals surface area contributed by atoms with Crippen LogP contribution >= 0.6 is 0 Å². The van der Waals surface area contributed by atoms with Gasteiger partial charge in [0.15, 0.2) is 0 Å². The smallest absolute Gasteiger partial charge is 0.341 e. The predicted octanol–water partition coefficient (Wildman–Crippen LogP) is 28.5. The van der Waals surface area contributed by atoms with Crippen LogP contribution in [-0.4, -0.2) is 101 Å².